The average Bonchev–Trinajstić information content (AvgIpc) is 3.31. The molecule has 8 aromatic rings. The van der Waals surface area contributed by atoms with E-state index in [1.54, 1.807) is 0 Å². The lowest BCUT2D eigenvalue weighted by Gasteiger charge is -2.38. The second-order valence-electron chi connectivity index (χ2n) is 17.4. The van der Waals surface area contributed by atoms with Gasteiger partial charge in [-0.3, -0.25) is 22.6 Å². The van der Waals surface area contributed by atoms with Crippen LogP contribution in [-0.4, -0.2) is 48.6 Å². The van der Waals surface area contributed by atoms with Crippen LogP contribution < -0.4 is 0 Å². The lowest BCUT2D eigenvalue weighted by atomic mass is 9.82. The third-order valence-electron chi connectivity index (χ3n) is 13.9. The van der Waals surface area contributed by atoms with Crippen molar-refractivity contribution < 1.29 is 41.7 Å². The molecular weight excluding hydrogens is 831 g/mol. The highest BCUT2D eigenvalue weighted by atomic mass is 31.2. The third-order valence-corrected chi connectivity index (χ3v) is 16.5. The minimum absolute atomic E-state index is 0.0487. The first-order valence-electron chi connectivity index (χ1n) is 22.4. The van der Waals surface area contributed by atoms with Crippen LogP contribution >= 0.6 is 15.6 Å². The fraction of sp³-hybridized carbons (Fsp3) is 0.385. The fourth-order valence-corrected chi connectivity index (χ4v) is 12.6. The molecule has 8 aromatic carbocycles. The fourth-order valence-electron chi connectivity index (χ4n) is 10.3. The second-order valence-corrected chi connectivity index (χ2v) is 20.6. The summed E-state index contributed by atoms with van der Waals surface area (Å²) in [4.78, 5) is 10.6. The van der Waals surface area contributed by atoms with Gasteiger partial charge in [-0.05, 0) is 139 Å². The molecule has 4 atom stereocenters. The molecule has 0 saturated heterocycles. The van der Waals surface area contributed by atoms with Crippen LogP contribution in [0.5, 0.6) is 0 Å². The first-order valence-corrected chi connectivity index (χ1v) is 25.3. The molecule has 0 radical (unpaired) electrons. The van der Waals surface area contributed by atoms with Crippen LogP contribution in [0.2, 0.25) is 0 Å². The zero-order valence-corrected chi connectivity index (χ0v) is 39.1. The standard InChI is InChI=1S/C52H60O9P2/c1-7-51(8-2,60-62(54,55)57-5)32-36(28-44-30-42-20-12-16-38-24-26-40-18-14-22-46(44)50(40)48(38)42)34-59-63(56,58-6)61-52(9-3,10-4)31-35(33-53)27-43-29-41-19-11-15-37-23-25-39-17-13-21-45(43)49(39)47(37)41/h11-26,29-30,35-36,53H,7-10,27-28,31-34H2,1-6H3,(H,54,55). The Balaban J connectivity index is 1.09. The number of aliphatic hydroxyl groups excluding tert-OH is 1. The monoisotopic (exact) mass is 890 g/mol. The lowest BCUT2D eigenvalue weighted by molar-refractivity contribution is -0.0267. The maximum atomic E-state index is 14.9. The molecule has 0 aliphatic rings. The number of hydrogen-bond donors (Lipinski definition) is 2. The summed E-state index contributed by atoms with van der Waals surface area (Å²) in [6.45, 7) is 7.72. The predicted molar refractivity (Wildman–Crippen MR) is 257 cm³/mol. The molecular formula is C52H60O9P2. The van der Waals surface area contributed by atoms with Crippen LogP contribution in [-0.2, 0) is 44.6 Å². The summed E-state index contributed by atoms with van der Waals surface area (Å²) < 4.78 is 57.5. The lowest BCUT2D eigenvalue weighted by Crippen LogP contribution is -2.36. The summed E-state index contributed by atoms with van der Waals surface area (Å²) >= 11 is 0. The zero-order chi connectivity index (χ0) is 44.6. The van der Waals surface area contributed by atoms with E-state index in [0.717, 1.165) is 45.2 Å². The van der Waals surface area contributed by atoms with Gasteiger partial charge in [0.1, 0.15) is 0 Å². The topological polar surface area (TPSA) is 121 Å². The molecule has 0 saturated carbocycles. The van der Waals surface area contributed by atoms with Crippen molar-refractivity contribution in [2.45, 2.75) is 90.3 Å². The Morgan fingerprint density at radius 3 is 1.40 bits per heavy atom. The minimum Gasteiger partial charge on any atom is -0.396 e. The Morgan fingerprint density at radius 1 is 0.540 bits per heavy atom. The zero-order valence-electron chi connectivity index (χ0n) is 37.3. The highest BCUT2D eigenvalue weighted by Gasteiger charge is 2.43. The van der Waals surface area contributed by atoms with E-state index in [-0.39, 0.29) is 25.0 Å². The van der Waals surface area contributed by atoms with Gasteiger partial charge in [0.15, 0.2) is 0 Å². The van der Waals surface area contributed by atoms with E-state index < -0.39 is 26.8 Å². The number of benzene rings is 8. The molecule has 8 rings (SSSR count). The van der Waals surface area contributed by atoms with E-state index in [1.165, 1.54) is 44.8 Å². The van der Waals surface area contributed by atoms with E-state index >= 15 is 0 Å². The Morgan fingerprint density at radius 2 is 0.952 bits per heavy atom. The quantitative estimate of drug-likeness (QED) is 0.0506. The second kappa shape index (κ2) is 18.5. The number of hydrogen-bond acceptors (Lipinski definition) is 8. The van der Waals surface area contributed by atoms with Crippen LogP contribution in [0, 0.1) is 11.8 Å². The van der Waals surface area contributed by atoms with Gasteiger partial charge in [-0.2, -0.15) is 0 Å². The van der Waals surface area contributed by atoms with Gasteiger partial charge in [-0.15, -0.1) is 0 Å². The van der Waals surface area contributed by atoms with Crippen molar-refractivity contribution in [3.05, 3.63) is 120 Å². The molecule has 9 nitrogen and oxygen atoms in total. The van der Waals surface area contributed by atoms with Crippen LogP contribution in [0.1, 0.15) is 77.3 Å². The van der Waals surface area contributed by atoms with E-state index in [9.17, 15) is 19.1 Å². The van der Waals surface area contributed by atoms with Crippen molar-refractivity contribution in [2.24, 2.45) is 11.8 Å². The van der Waals surface area contributed by atoms with Gasteiger partial charge in [0.25, 0.3) is 0 Å². The van der Waals surface area contributed by atoms with Crippen molar-refractivity contribution in [3.8, 4) is 0 Å². The summed E-state index contributed by atoms with van der Waals surface area (Å²) in [5.41, 5.74) is 0.216. The molecule has 0 fully saturated rings. The van der Waals surface area contributed by atoms with Gasteiger partial charge in [0.05, 0.1) is 17.8 Å². The van der Waals surface area contributed by atoms with Gasteiger partial charge < -0.3 is 10.00 Å². The summed E-state index contributed by atoms with van der Waals surface area (Å²) in [7, 11) is -6.11. The molecule has 0 aliphatic heterocycles. The summed E-state index contributed by atoms with van der Waals surface area (Å²) in [5.74, 6) is -0.583. The summed E-state index contributed by atoms with van der Waals surface area (Å²) in [5, 5.41) is 25.1. The van der Waals surface area contributed by atoms with Gasteiger partial charge in [0, 0.05) is 20.8 Å². The molecule has 4 unspecified atom stereocenters. The number of phosphoric ester groups is 2. The van der Waals surface area contributed by atoms with E-state index in [2.05, 4.69) is 109 Å². The molecule has 63 heavy (non-hydrogen) atoms. The van der Waals surface area contributed by atoms with Crippen molar-refractivity contribution in [2.75, 3.05) is 27.4 Å². The van der Waals surface area contributed by atoms with Gasteiger partial charge in [-0.25, -0.2) is 9.13 Å². The Kier molecular flexibility index (Phi) is 13.4. The predicted octanol–water partition coefficient (Wildman–Crippen LogP) is 13.9. The Labute approximate surface area is 370 Å². The van der Waals surface area contributed by atoms with Crippen molar-refractivity contribution in [3.63, 3.8) is 0 Å². The minimum atomic E-state index is -4.38. The van der Waals surface area contributed by atoms with Gasteiger partial charge in [-0.1, -0.05) is 137 Å². The molecule has 0 aliphatic carbocycles. The highest BCUT2D eigenvalue weighted by molar-refractivity contribution is 7.48. The first-order chi connectivity index (χ1) is 30.3. The van der Waals surface area contributed by atoms with Crippen LogP contribution in [0.15, 0.2) is 109 Å². The molecule has 0 heterocycles. The average molecular weight is 891 g/mol. The van der Waals surface area contributed by atoms with Crippen molar-refractivity contribution in [1.29, 1.82) is 0 Å². The highest BCUT2D eigenvalue weighted by Crippen LogP contribution is 2.56. The molecule has 2 N–H and O–H groups in total. The van der Waals surface area contributed by atoms with E-state index in [4.69, 9.17) is 22.6 Å². The molecule has 0 amide bonds. The van der Waals surface area contributed by atoms with Crippen LogP contribution in [0.3, 0.4) is 0 Å². The summed E-state index contributed by atoms with van der Waals surface area (Å²) in [6, 6.07) is 38.6. The normalized spacial score (nSPS) is 15.9. The van der Waals surface area contributed by atoms with E-state index in [0.29, 0.717) is 51.4 Å². The number of phosphoric acid groups is 2. The summed E-state index contributed by atoms with van der Waals surface area (Å²) in [6.07, 6.45) is 3.65. The maximum Gasteiger partial charge on any atom is 0.475 e. The number of aliphatic hydroxyl groups is 1. The largest absolute Gasteiger partial charge is 0.475 e. The SMILES string of the molecule is CCC(CC)(CC(COP(=O)(OC)OC(CC)(CC)CC(CO)Cc1cc2cccc3ccc4cccc1c4c32)Cc1cc2cccc3ccc4cccc1c4c32)OP(=O)(O)OC. The maximum absolute atomic E-state index is 14.9. The number of rotatable bonds is 22. The smallest absolute Gasteiger partial charge is 0.396 e. The van der Waals surface area contributed by atoms with Crippen molar-refractivity contribution in [1.82, 2.24) is 0 Å². The van der Waals surface area contributed by atoms with E-state index in [1.807, 2.05) is 27.7 Å². The van der Waals surface area contributed by atoms with Crippen LogP contribution in [0.25, 0.3) is 64.6 Å². The van der Waals surface area contributed by atoms with Gasteiger partial charge >= 0.3 is 15.6 Å². The molecule has 0 bridgehead atoms. The van der Waals surface area contributed by atoms with Crippen LogP contribution in [0.4, 0.5) is 0 Å². The van der Waals surface area contributed by atoms with Crippen molar-refractivity contribution >= 4 is 80.3 Å². The molecule has 332 valence electrons. The Hall–Kier alpha value is -3.98. The Bertz CT molecular complexity index is 2940. The molecule has 0 spiro atoms. The molecule has 0 aromatic heterocycles. The molecule has 11 heteroatoms. The third kappa shape index (κ3) is 9.03. The first kappa shape index (κ1) is 45.6. The van der Waals surface area contributed by atoms with Gasteiger partial charge in [0.2, 0.25) is 0 Å².